The molecule has 1 heterocycles. The molecule has 1 aromatic carbocycles. The van der Waals surface area contributed by atoms with Crippen molar-refractivity contribution in [1.82, 2.24) is 15.0 Å². The van der Waals surface area contributed by atoms with Crippen LogP contribution in [0, 0.1) is 0 Å². The molecular weight excluding hydrogens is 237 g/mol. The van der Waals surface area contributed by atoms with Crippen molar-refractivity contribution in [3.8, 4) is 5.69 Å². The van der Waals surface area contributed by atoms with Gasteiger partial charge in [0.15, 0.2) is 6.29 Å². The number of carbonyl (C=O) groups is 1. The second-order valence-electron chi connectivity index (χ2n) is 2.80. The lowest BCUT2D eigenvalue weighted by Gasteiger charge is -2.01. The van der Waals surface area contributed by atoms with E-state index >= 15 is 0 Å². The van der Waals surface area contributed by atoms with Gasteiger partial charge in [0.05, 0.1) is 21.9 Å². The molecule has 76 valence electrons. The summed E-state index contributed by atoms with van der Waals surface area (Å²) < 4.78 is 1.45. The predicted molar refractivity (Wildman–Crippen MR) is 56.8 cm³/mol. The summed E-state index contributed by atoms with van der Waals surface area (Å²) in [7, 11) is 0. The van der Waals surface area contributed by atoms with E-state index in [0.717, 1.165) is 0 Å². The fourth-order valence-electron chi connectivity index (χ4n) is 1.08. The van der Waals surface area contributed by atoms with Crippen LogP contribution >= 0.6 is 23.2 Å². The maximum atomic E-state index is 10.4. The van der Waals surface area contributed by atoms with Crippen LogP contribution in [0.4, 0.5) is 0 Å². The van der Waals surface area contributed by atoms with Crippen molar-refractivity contribution < 1.29 is 4.79 Å². The number of carbonyl (C=O) groups excluding carboxylic acids is 1. The van der Waals surface area contributed by atoms with Gasteiger partial charge in [-0.15, -0.1) is 5.10 Å². The Bertz CT molecular complexity index is 510. The highest BCUT2D eigenvalue weighted by molar-refractivity contribution is 6.42. The SMILES string of the molecule is O=Cc1cn(-c2ccc(Cl)c(Cl)c2)nn1. The molecule has 6 heteroatoms. The van der Waals surface area contributed by atoms with E-state index in [1.54, 1.807) is 18.2 Å². The van der Waals surface area contributed by atoms with Crippen LogP contribution in [-0.2, 0) is 0 Å². The van der Waals surface area contributed by atoms with E-state index in [2.05, 4.69) is 10.3 Å². The minimum atomic E-state index is 0.265. The zero-order valence-electron chi connectivity index (χ0n) is 7.39. The van der Waals surface area contributed by atoms with Crippen molar-refractivity contribution in [3.63, 3.8) is 0 Å². The van der Waals surface area contributed by atoms with Crippen LogP contribution in [0.2, 0.25) is 10.0 Å². The number of aldehydes is 1. The Morgan fingerprint density at radius 3 is 2.67 bits per heavy atom. The largest absolute Gasteiger partial charge is 0.296 e. The molecule has 0 amide bonds. The Labute approximate surface area is 95.4 Å². The maximum Gasteiger partial charge on any atom is 0.171 e. The number of nitrogens with zero attached hydrogens (tertiary/aromatic N) is 3. The van der Waals surface area contributed by atoms with Crippen molar-refractivity contribution in [2.45, 2.75) is 0 Å². The van der Waals surface area contributed by atoms with Gasteiger partial charge in [-0.3, -0.25) is 4.79 Å². The quantitative estimate of drug-likeness (QED) is 0.759. The van der Waals surface area contributed by atoms with Crippen molar-refractivity contribution in [2.75, 3.05) is 0 Å². The lowest BCUT2D eigenvalue weighted by molar-refractivity contribution is 0.111. The van der Waals surface area contributed by atoms with Crippen LogP contribution in [0.1, 0.15) is 10.5 Å². The molecule has 1 aromatic heterocycles. The van der Waals surface area contributed by atoms with Gasteiger partial charge in [0.2, 0.25) is 0 Å². The number of rotatable bonds is 2. The molecule has 15 heavy (non-hydrogen) atoms. The minimum Gasteiger partial charge on any atom is -0.296 e. The zero-order chi connectivity index (χ0) is 10.8. The summed E-state index contributed by atoms with van der Waals surface area (Å²) in [6, 6.07) is 5.03. The van der Waals surface area contributed by atoms with E-state index in [1.165, 1.54) is 10.9 Å². The summed E-state index contributed by atoms with van der Waals surface area (Å²) >= 11 is 11.6. The van der Waals surface area contributed by atoms with Gasteiger partial charge < -0.3 is 0 Å². The number of benzene rings is 1. The molecule has 0 unspecified atom stereocenters. The van der Waals surface area contributed by atoms with Crippen molar-refractivity contribution in [2.24, 2.45) is 0 Å². The van der Waals surface area contributed by atoms with Gasteiger partial charge in [0.25, 0.3) is 0 Å². The van der Waals surface area contributed by atoms with Crippen LogP contribution in [-0.4, -0.2) is 21.3 Å². The molecule has 0 fully saturated rings. The smallest absolute Gasteiger partial charge is 0.171 e. The number of hydrogen-bond acceptors (Lipinski definition) is 3. The fraction of sp³-hybridized carbons (Fsp3) is 0. The number of hydrogen-bond donors (Lipinski definition) is 0. The topological polar surface area (TPSA) is 47.8 Å². The van der Waals surface area contributed by atoms with Crippen LogP contribution in [0.3, 0.4) is 0 Å². The van der Waals surface area contributed by atoms with Crippen LogP contribution in [0.5, 0.6) is 0 Å². The highest BCUT2D eigenvalue weighted by Gasteiger charge is 2.04. The second-order valence-corrected chi connectivity index (χ2v) is 3.62. The molecule has 4 nitrogen and oxygen atoms in total. The average Bonchev–Trinajstić information content (AvgIpc) is 2.70. The molecular formula is C9H5Cl2N3O. The molecule has 0 spiro atoms. The lowest BCUT2D eigenvalue weighted by Crippen LogP contribution is -1.94. The van der Waals surface area contributed by atoms with E-state index in [1.807, 2.05) is 0 Å². The molecule has 0 aliphatic carbocycles. The average molecular weight is 242 g/mol. The predicted octanol–water partition coefficient (Wildman–Crippen LogP) is 2.39. The summed E-state index contributed by atoms with van der Waals surface area (Å²) in [5, 5.41) is 8.29. The Balaban J connectivity index is 2.44. The van der Waals surface area contributed by atoms with Crippen molar-refractivity contribution in [3.05, 3.63) is 40.1 Å². The third-order valence-electron chi connectivity index (χ3n) is 1.80. The first kappa shape index (κ1) is 10.1. The molecule has 2 rings (SSSR count). The first-order chi connectivity index (χ1) is 7.20. The molecule has 0 saturated heterocycles. The Hall–Kier alpha value is -1.39. The molecule has 0 saturated carbocycles. The fourth-order valence-corrected chi connectivity index (χ4v) is 1.38. The summed E-state index contributed by atoms with van der Waals surface area (Å²) in [5.41, 5.74) is 0.964. The third-order valence-corrected chi connectivity index (χ3v) is 2.54. The molecule has 0 aliphatic rings. The van der Waals surface area contributed by atoms with Gasteiger partial charge >= 0.3 is 0 Å². The normalized spacial score (nSPS) is 10.3. The van der Waals surface area contributed by atoms with Crippen LogP contribution < -0.4 is 0 Å². The number of halogens is 2. The lowest BCUT2D eigenvalue weighted by atomic mass is 10.3. The molecule has 0 aliphatic heterocycles. The molecule has 0 atom stereocenters. The highest BCUT2D eigenvalue weighted by Crippen LogP contribution is 2.23. The summed E-state index contributed by atoms with van der Waals surface area (Å²) in [5.74, 6) is 0. The Kier molecular flexibility index (Phi) is 2.70. The standard InChI is InChI=1S/C9H5Cl2N3O/c10-8-2-1-7(3-9(8)11)14-4-6(5-15)12-13-14/h1-5H. The van der Waals surface area contributed by atoms with E-state index in [9.17, 15) is 4.79 Å². The Morgan fingerprint density at radius 2 is 2.07 bits per heavy atom. The van der Waals surface area contributed by atoms with E-state index < -0.39 is 0 Å². The van der Waals surface area contributed by atoms with Gasteiger partial charge in [-0.2, -0.15) is 0 Å². The molecule has 0 bridgehead atoms. The van der Waals surface area contributed by atoms with E-state index in [0.29, 0.717) is 22.0 Å². The van der Waals surface area contributed by atoms with Gasteiger partial charge in [0, 0.05) is 0 Å². The molecule has 2 aromatic rings. The van der Waals surface area contributed by atoms with Gasteiger partial charge in [-0.1, -0.05) is 28.4 Å². The van der Waals surface area contributed by atoms with E-state index in [4.69, 9.17) is 23.2 Å². The van der Waals surface area contributed by atoms with Gasteiger partial charge in [-0.25, -0.2) is 4.68 Å². The van der Waals surface area contributed by atoms with Gasteiger partial charge in [-0.05, 0) is 18.2 Å². The van der Waals surface area contributed by atoms with E-state index in [-0.39, 0.29) is 5.69 Å². The third kappa shape index (κ3) is 2.00. The second kappa shape index (κ2) is 4.00. The first-order valence-corrected chi connectivity index (χ1v) is 4.79. The summed E-state index contributed by atoms with van der Waals surface area (Å²) in [6.45, 7) is 0. The monoisotopic (exact) mass is 241 g/mol. The van der Waals surface area contributed by atoms with Crippen LogP contribution in [0.15, 0.2) is 24.4 Å². The number of aromatic nitrogens is 3. The van der Waals surface area contributed by atoms with Crippen molar-refractivity contribution >= 4 is 29.5 Å². The Morgan fingerprint density at radius 1 is 1.27 bits per heavy atom. The first-order valence-electron chi connectivity index (χ1n) is 4.03. The minimum absolute atomic E-state index is 0.265. The summed E-state index contributed by atoms with van der Waals surface area (Å²) in [4.78, 5) is 10.4. The zero-order valence-corrected chi connectivity index (χ0v) is 8.90. The van der Waals surface area contributed by atoms with Crippen LogP contribution in [0.25, 0.3) is 5.69 Å². The highest BCUT2D eigenvalue weighted by atomic mass is 35.5. The van der Waals surface area contributed by atoms with Gasteiger partial charge in [0.1, 0.15) is 5.69 Å². The molecule has 0 radical (unpaired) electrons. The maximum absolute atomic E-state index is 10.4. The molecule has 0 N–H and O–H groups in total. The summed E-state index contributed by atoms with van der Waals surface area (Å²) in [6.07, 6.45) is 2.13. The van der Waals surface area contributed by atoms with Crippen molar-refractivity contribution in [1.29, 1.82) is 0 Å².